The Morgan fingerprint density at radius 2 is 1.28 bits per heavy atom. The van der Waals surface area contributed by atoms with Crippen molar-refractivity contribution >= 4 is 28.2 Å². The maximum absolute atomic E-state index is 9.43. The molecule has 1 amide bonds. The molecular weight excluding hydrogens is 224 g/mol. The van der Waals surface area contributed by atoms with Crippen molar-refractivity contribution in [3.05, 3.63) is 48.5 Å². The highest BCUT2D eigenvalue weighted by molar-refractivity contribution is 6.06. The maximum Gasteiger partial charge on any atom is 0.209 e. The summed E-state index contributed by atoms with van der Waals surface area (Å²) >= 11 is 0. The lowest BCUT2D eigenvalue weighted by atomic mass is 10.2. The van der Waals surface area contributed by atoms with Crippen LogP contribution in [0.5, 0.6) is 0 Å². The normalized spacial score (nSPS) is 9.89. The number of amides is 1. The SMILES string of the molecule is CN(C)C=O.c1ccc2c(c1)[nH]c1ccccc12. The molecule has 18 heavy (non-hydrogen) atoms. The van der Waals surface area contributed by atoms with Crippen LogP contribution in [0.15, 0.2) is 48.5 Å². The molecular formula is C15H16N2O. The Morgan fingerprint density at radius 3 is 1.67 bits per heavy atom. The first-order valence-corrected chi connectivity index (χ1v) is 5.79. The summed E-state index contributed by atoms with van der Waals surface area (Å²) in [6, 6.07) is 16.8. The van der Waals surface area contributed by atoms with Gasteiger partial charge in [0.05, 0.1) is 0 Å². The second kappa shape index (κ2) is 5.36. The van der Waals surface area contributed by atoms with Crippen LogP contribution in [-0.4, -0.2) is 30.4 Å². The molecule has 1 heterocycles. The van der Waals surface area contributed by atoms with E-state index in [4.69, 9.17) is 0 Å². The van der Waals surface area contributed by atoms with Gasteiger partial charge in [-0.15, -0.1) is 0 Å². The number of rotatable bonds is 1. The molecule has 92 valence electrons. The van der Waals surface area contributed by atoms with Gasteiger partial charge in [0.15, 0.2) is 0 Å². The van der Waals surface area contributed by atoms with E-state index in [1.54, 1.807) is 14.1 Å². The molecule has 0 spiro atoms. The Kier molecular flexibility index (Phi) is 3.63. The predicted octanol–water partition coefficient (Wildman–Crippen LogP) is 3.03. The van der Waals surface area contributed by atoms with Gasteiger partial charge in [0, 0.05) is 35.9 Å². The summed E-state index contributed by atoms with van der Waals surface area (Å²) in [7, 11) is 3.38. The minimum Gasteiger partial charge on any atom is -0.355 e. The monoisotopic (exact) mass is 240 g/mol. The fourth-order valence-corrected chi connectivity index (χ4v) is 1.80. The van der Waals surface area contributed by atoms with Crippen LogP contribution in [0.25, 0.3) is 21.8 Å². The number of para-hydroxylation sites is 2. The third kappa shape index (κ3) is 2.51. The zero-order chi connectivity index (χ0) is 13.0. The number of fused-ring (bicyclic) bond motifs is 3. The average Bonchev–Trinajstić information content (AvgIpc) is 2.78. The van der Waals surface area contributed by atoms with Gasteiger partial charge in [-0.3, -0.25) is 4.79 Å². The van der Waals surface area contributed by atoms with E-state index in [-0.39, 0.29) is 0 Å². The van der Waals surface area contributed by atoms with Gasteiger partial charge in [-0.1, -0.05) is 36.4 Å². The third-order valence-corrected chi connectivity index (χ3v) is 2.62. The van der Waals surface area contributed by atoms with Crippen LogP contribution in [0.4, 0.5) is 0 Å². The number of hydrogen-bond donors (Lipinski definition) is 1. The van der Waals surface area contributed by atoms with Crippen molar-refractivity contribution < 1.29 is 4.79 Å². The molecule has 0 atom stereocenters. The van der Waals surface area contributed by atoms with Crippen LogP contribution in [-0.2, 0) is 4.79 Å². The molecule has 3 heteroatoms. The van der Waals surface area contributed by atoms with Crippen LogP contribution >= 0.6 is 0 Å². The molecule has 0 saturated carbocycles. The molecule has 0 fully saturated rings. The molecule has 3 nitrogen and oxygen atoms in total. The second-order valence-corrected chi connectivity index (χ2v) is 4.29. The first kappa shape index (κ1) is 12.2. The van der Waals surface area contributed by atoms with Crippen LogP contribution in [0.2, 0.25) is 0 Å². The Bertz CT molecular complexity index is 605. The molecule has 1 aromatic heterocycles. The largest absolute Gasteiger partial charge is 0.355 e. The van der Waals surface area contributed by atoms with Crippen molar-refractivity contribution in [3.8, 4) is 0 Å². The standard InChI is InChI=1S/C12H9N.C3H7NO/c1-3-7-11-9(5-1)10-6-2-4-8-12(10)13-11;1-4(2)3-5/h1-8,13H;3H,1-2H3. The fraction of sp³-hybridized carbons (Fsp3) is 0.133. The number of hydrogen-bond acceptors (Lipinski definition) is 1. The number of carbonyl (C=O) groups is 1. The Hall–Kier alpha value is -2.29. The minimum atomic E-state index is 0.750. The lowest BCUT2D eigenvalue weighted by molar-refractivity contribution is -0.115. The smallest absolute Gasteiger partial charge is 0.209 e. The third-order valence-electron chi connectivity index (χ3n) is 2.62. The van der Waals surface area contributed by atoms with E-state index in [2.05, 4.69) is 53.5 Å². The number of aromatic nitrogens is 1. The number of aromatic amines is 1. The molecule has 0 radical (unpaired) electrons. The van der Waals surface area contributed by atoms with Gasteiger partial charge >= 0.3 is 0 Å². The first-order valence-electron chi connectivity index (χ1n) is 5.79. The Labute approximate surface area is 106 Å². The van der Waals surface area contributed by atoms with Crippen LogP contribution < -0.4 is 0 Å². The van der Waals surface area contributed by atoms with Gasteiger partial charge in [0.25, 0.3) is 0 Å². The minimum absolute atomic E-state index is 0.750. The van der Waals surface area contributed by atoms with E-state index in [0.29, 0.717) is 0 Å². The van der Waals surface area contributed by atoms with Gasteiger partial charge in [-0.25, -0.2) is 0 Å². The molecule has 3 aromatic rings. The number of nitrogens with zero attached hydrogens (tertiary/aromatic N) is 1. The summed E-state index contributed by atoms with van der Waals surface area (Å²) in [6.07, 6.45) is 0.750. The number of carbonyl (C=O) groups excluding carboxylic acids is 1. The van der Waals surface area contributed by atoms with Gasteiger partial charge in [0.1, 0.15) is 0 Å². The van der Waals surface area contributed by atoms with E-state index in [9.17, 15) is 4.79 Å². The molecule has 0 bridgehead atoms. The summed E-state index contributed by atoms with van der Waals surface area (Å²) in [5.74, 6) is 0. The zero-order valence-corrected chi connectivity index (χ0v) is 10.6. The summed E-state index contributed by atoms with van der Waals surface area (Å²) in [5, 5.41) is 2.61. The van der Waals surface area contributed by atoms with E-state index < -0.39 is 0 Å². The fourth-order valence-electron chi connectivity index (χ4n) is 1.80. The van der Waals surface area contributed by atoms with Crippen LogP contribution in [0, 0.1) is 0 Å². The maximum atomic E-state index is 9.43. The quantitative estimate of drug-likeness (QED) is 0.652. The molecule has 0 aliphatic rings. The van der Waals surface area contributed by atoms with E-state index in [1.165, 1.54) is 26.7 Å². The molecule has 0 unspecified atom stereocenters. The van der Waals surface area contributed by atoms with Gasteiger partial charge in [-0.2, -0.15) is 0 Å². The van der Waals surface area contributed by atoms with Crippen molar-refractivity contribution in [2.75, 3.05) is 14.1 Å². The lowest BCUT2D eigenvalue weighted by Gasteiger charge is -1.93. The molecule has 3 rings (SSSR count). The second-order valence-electron chi connectivity index (χ2n) is 4.29. The summed E-state index contributed by atoms with van der Waals surface area (Å²) < 4.78 is 0. The summed E-state index contributed by atoms with van der Waals surface area (Å²) in [4.78, 5) is 14.3. The number of benzene rings is 2. The molecule has 0 aliphatic heterocycles. The highest BCUT2D eigenvalue weighted by Crippen LogP contribution is 2.24. The van der Waals surface area contributed by atoms with Crippen molar-refractivity contribution in [2.45, 2.75) is 0 Å². The molecule has 0 saturated heterocycles. The molecule has 1 N–H and O–H groups in total. The first-order chi connectivity index (χ1) is 8.72. The highest BCUT2D eigenvalue weighted by atomic mass is 16.1. The highest BCUT2D eigenvalue weighted by Gasteiger charge is 2.00. The average molecular weight is 240 g/mol. The van der Waals surface area contributed by atoms with Gasteiger partial charge in [0.2, 0.25) is 6.41 Å². The van der Waals surface area contributed by atoms with Gasteiger partial charge < -0.3 is 9.88 Å². The van der Waals surface area contributed by atoms with Crippen LogP contribution in [0.3, 0.4) is 0 Å². The summed E-state index contributed by atoms with van der Waals surface area (Å²) in [6.45, 7) is 0. The molecule has 2 aromatic carbocycles. The van der Waals surface area contributed by atoms with Gasteiger partial charge in [-0.05, 0) is 12.1 Å². The van der Waals surface area contributed by atoms with E-state index in [0.717, 1.165) is 6.41 Å². The molecule has 0 aliphatic carbocycles. The lowest BCUT2D eigenvalue weighted by Crippen LogP contribution is -2.06. The summed E-state index contributed by atoms with van der Waals surface area (Å²) in [5.41, 5.74) is 2.42. The Balaban J connectivity index is 0.000000209. The van der Waals surface area contributed by atoms with Crippen molar-refractivity contribution in [2.24, 2.45) is 0 Å². The predicted molar refractivity (Wildman–Crippen MR) is 75.6 cm³/mol. The van der Waals surface area contributed by atoms with Crippen LogP contribution in [0.1, 0.15) is 0 Å². The number of H-pyrrole nitrogens is 1. The van der Waals surface area contributed by atoms with Crippen molar-refractivity contribution in [3.63, 3.8) is 0 Å². The Morgan fingerprint density at radius 1 is 0.889 bits per heavy atom. The van der Waals surface area contributed by atoms with E-state index in [1.807, 2.05) is 0 Å². The zero-order valence-electron chi connectivity index (χ0n) is 10.6. The van der Waals surface area contributed by atoms with Crippen molar-refractivity contribution in [1.29, 1.82) is 0 Å². The van der Waals surface area contributed by atoms with Crippen molar-refractivity contribution in [1.82, 2.24) is 9.88 Å². The van der Waals surface area contributed by atoms with E-state index >= 15 is 0 Å². The number of nitrogens with one attached hydrogen (secondary N) is 1. The topological polar surface area (TPSA) is 36.1 Å².